The lowest BCUT2D eigenvalue weighted by Crippen LogP contribution is -2.13. The molecule has 0 amide bonds. The van der Waals surface area contributed by atoms with E-state index in [2.05, 4.69) is 13.2 Å². The van der Waals surface area contributed by atoms with Crippen LogP contribution in [0.5, 0.6) is 0 Å². The Morgan fingerprint density at radius 1 is 1.19 bits per heavy atom. The van der Waals surface area contributed by atoms with Gasteiger partial charge in [0.2, 0.25) is 0 Å². The van der Waals surface area contributed by atoms with Crippen molar-refractivity contribution >= 4 is 6.29 Å². The van der Waals surface area contributed by atoms with Gasteiger partial charge in [0.25, 0.3) is 0 Å². The van der Waals surface area contributed by atoms with Crippen LogP contribution in [-0.4, -0.2) is 37.5 Å². The maximum absolute atomic E-state index is 9.06. The Labute approximate surface area is 98.6 Å². The number of rotatable bonds is 6. The molecule has 0 saturated carbocycles. The number of hydrogen-bond acceptors (Lipinski definition) is 4. The van der Waals surface area contributed by atoms with Crippen LogP contribution < -0.4 is 0 Å². The zero-order valence-corrected chi connectivity index (χ0v) is 10.5. The van der Waals surface area contributed by atoms with Gasteiger partial charge in [-0.3, -0.25) is 4.79 Å². The highest BCUT2D eigenvalue weighted by molar-refractivity contribution is 5.63. The van der Waals surface area contributed by atoms with Gasteiger partial charge in [0.15, 0.2) is 6.29 Å². The Morgan fingerprint density at radius 3 is 1.62 bits per heavy atom. The minimum absolute atomic E-state index is 0.222. The molecule has 4 nitrogen and oxygen atoms in total. The standard InChI is InChI=1S/C7H14O2.C3H4O.C2H6O/c1-4-7(8-5-2)9-6-3;1-2-3-4;1-2-3/h4,7H,1,5-6H2,2-3H3;2-3H,1H2;3H,2H2,1H3. The first-order valence-corrected chi connectivity index (χ1v) is 5.21. The number of aliphatic hydroxyl groups is 1. The van der Waals surface area contributed by atoms with E-state index < -0.39 is 0 Å². The predicted octanol–water partition coefficient (Wildman–Crippen LogP) is 1.94. The molecule has 0 aromatic carbocycles. The first kappa shape index (κ1) is 20.4. The quantitative estimate of drug-likeness (QED) is 0.329. The van der Waals surface area contributed by atoms with E-state index >= 15 is 0 Å². The Balaban J connectivity index is -0.000000201. The van der Waals surface area contributed by atoms with Gasteiger partial charge in [-0.25, -0.2) is 0 Å². The van der Waals surface area contributed by atoms with Gasteiger partial charge in [-0.15, -0.1) is 0 Å². The lowest BCUT2D eigenvalue weighted by Gasteiger charge is -2.10. The first-order valence-electron chi connectivity index (χ1n) is 5.21. The summed E-state index contributed by atoms with van der Waals surface area (Å²) in [6, 6.07) is 0. The summed E-state index contributed by atoms with van der Waals surface area (Å²) in [7, 11) is 0. The summed E-state index contributed by atoms with van der Waals surface area (Å²) in [5.74, 6) is 0. The molecule has 0 bridgehead atoms. The second kappa shape index (κ2) is 23.7. The minimum atomic E-state index is -0.222. The van der Waals surface area contributed by atoms with Crippen molar-refractivity contribution in [1.82, 2.24) is 0 Å². The van der Waals surface area contributed by atoms with Crippen molar-refractivity contribution in [2.45, 2.75) is 27.1 Å². The summed E-state index contributed by atoms with van der Waals surface area (Å²) in [6.07, 6.45) is 3.26. The summed E-state index contributed by atoms with van der Waals surface area (Å²) < 4.78 is 10.2. The molecule has 1 N–H and O–H groups in total. The molecule has 0 radical (unpaired) electrons. The van der Waals surface area contributed by atoms with E-state index in [0.29, 0.717) is 19.5 Å². The fourth-order valence-corrected chi connectivity index (χ4v) is 0.513. The van der Waals surface area contributed by atoms with Crippen molar-refractivity contribution in [3.63, 3.8) is 0 Å². The normalized spacial score (nSPS) is 8.06. The van der Waals surface area contributed by atoms with E-state index in [0.717, 1.165) is 0 Å². The van der Waals surface area contributed by atoms with E-state index in [1.807, 2.05) is 13.8 Å². The highest BCUT2D eigenvalue weighted by atomic mass is 16.7. The molecular weight excluding hydrogens is 208 g/mol. The molecule has 0 spiro atoms. The van der Waals surface area contributed by atoms with Crippen molar-refractivity contribution in [3.8, 4) is 0 Å². The van der Waals surface area contributed by atoms with Crippen LogP contribution in [0.1, 0.15) is 20.8 Å². The van der Waals surface area contributed by atoms with Crippen molar-refractivity contribution in [2.24, 2.45) is 0 Å². The molecule has 4 heteroatoms. The van der Waals surface area contributed by atoms with E-state index in [9.17, 15) is 0 Å². The maximum Gasteiger partial charge on any atom is 0.176 e. The fraction of sp³-hybridized carbons (Fsp3) is 0.583. The third kappa shape index (κ3) is 29.2. The fourth-order valence-electron chi connectivity index (χ4n) is 0.513. The molecule has 0 aliphatic rings. The molecule has 0 aromatic rings. The minimum Gasteiger partial charge on any atom is -0.397 e. The molecule has 0 rings (SSSR count). The molecule has 0 aromatic heterocycles. The summed E-state index contributed by atoms with van der Waals surface area (Å²) in [6.45, 7) is 13.8. The lowest BCUT2D eigenvalue weighted by molar-refractivity contribution is -0.104. The van der Waals surface area contributed by atoms with Crippen molar-refractivity contribution in [2.75, 3.05) is 19.8 Å². The van der Waals surface area contributed by atoms with Crippen LogP contribution in [0.3, 0.4) is 0 Å². The zero-order chi connectivity index (χ0) is 13.2. The smallest absolute Gasteiger partial charge is 0.176 e. The van der Waals surface area contributed by atoms with Crippen molar-refractivity contribution < 1.29 is 19.4 Å². The molecule has 0 fully saturated rings. The summed E-state index contributed by atoms with van der Waals surface area (Å²) in [5.41, 5.74) is 0. The molecule has 0 heterocycles. The van der Waals surface area contributed by atoms with Crippen LogP contribution >= 0.6 is 0 Å². The van der Waals surface area contributed by atoms with Gasteiger partial charge < -0.3 is 14.6 Å². The van der Waals surface area contributed by atoms with Crippen LogP contribution in [0.25, 0.3) is 0 Å². The molecule has 96 valence electrons. The number of aldehydes is 1. The number of hydrogen-bond donors (Lipinski definition) is 1. The molecular formula is C12H24O4. The molecule has 0 atom stereocenters. The van der Waals surface area contributed by atoms with Crippen LogP contribution in [0.15, 0.2) is 25.3 Å². The number of allylic oxidation sites excluding steroid dienone is 1. The third-order valence-electron chi connectivity index (χ3n) is 0.951. The number of ether oxygens (including phenoxy) is 2. The van der Waals surface area contributed by atoms with E-state index in [-0.39, 0.29) is 12.9 Å². The highest BCUT2D eigenvalue weighted by Gasteiger charge is 1.98. The molecule has 0 aliphatic carbocycles. The predicted molar refractivity (Wildman–Crippen MR) is 66.3 cm³/mol. The third-order valence-corrected chi connectivity index (χ3v) is 0.951. The zero-order valence-electron chi connectivity index (χ0n) is 10.5. The van der Waals surface area contributed by atoms with E-state index in [4.69, 9.17) is 19.4 Å². The second-order valence-electron chi connectivity index (χ2n) is 2.20. The largest absolute Gasteiger partial charge is 0.397 e. The van der Waals surface area contributed by atoms with Gasteiger partial charge in [0.05, 0.1) is 0 Å². The topological polar surface area (TPSA) is 55.8 Å². The summed E-state index contributed by atoms with van der Waals surface area (Å²) in [4.78, 5) is 9.06. The van der Waals surface area contributed by atoms with Gasteiger partial charge in [0.1, 0.15) is 6.29 Å². The van der Waals surface area contributed by atoms with Crippen molar-refractivity contribution in [3.05, 3.63) is 25.3 Å². The maximum atomic E-state index is 9.06. The van der Waals surface area contributed by atoms with Gasteiger partial charge in [-0.05, 0) is 32.9 Å². The number of aliphatic hydroxyl groups excluding tert-OH is 1. The Hall–Kier alpha value is -0.970. The van der Waals surface area contributed by atoms with Gasteiger partial charge in [-0.1, -0.05) is 13.2 Å². The van der Waals surface area contributed by atoms with E-state index in [1.54, 1.807) is 13.0 Å². The van der Waals surface area contributed by atoms with Crippen molar-refractivity contribution in [1.29, 1.82) is 0 Å². The molecule has 16 heavy (non-hydrogen) atoms. The summed E-state index contributed by atoms with van der Waals surface area (Å²) in [5, 5.41) is 7.57. The van der Waals surface area contributed by atoms with Crippen LogP contribution in [0.4, 0.5) is 0 Å². The molecule has 0 aliphatic heterocycles. The molecule has 0 unspecified atom stereocenters. The number of carbonyl (C=O) groups is 1. The SMILES string of the molecule is C=CC(OCC)OCC.C=CC=O.CCO. The summed E-state index contributed by atoms with van der Waals surface area (Å²) >= 11 is 0. The second-order valence-corrected chi connectivity index (χ2v) is 2.20. The van der Waals surface area contributed by atoms with Crippen LogP contribution in [-0.2, 0) is 14.3 Å². The number of carbonyl (C=O) groups excluding carboxylic acids is 1. The first-order chi connectivity index (χ1) is 7.67. The Kier molecular flexibility index (Phi) is 30.3. The van der Waals surface area contributed by atoms with Gasteiger partial charge >= 0.3 is 0 Å². The monoisotopic (exact) mass is 232 g/mol. The highest BCUT2D eigenvalue weighted by Crippen LogP contribution is 1.94. The molecule has 0 saturated heterocycles. The Morgan fingerprint density at radius 2 is 1.50 bits per heavy atom. The lowest BCUT2D eigenvalue weighted by atomic mass is 10.6. The average Bonchev–Trinajstić information content (AvgIpc) is 2.30. The van der Waals surface area contributed by atoms with E-state index in [1.165, 1.54) is 6.08 Å². The van der Waals surface area contributed by atoms with Gasteiger partial charge in [-0.2, -0.15) is 0 Å². The Bertz CT molecular complexity index is 134. The van der Waals surface area contributed by atoms with Crippen LogP contribution in [0.2, 0.25) is 0 Å². The average molecular weight is 232 g/mol. The van der Waals surface area contributed by atoms with Crippen LogP contribution in [0, 0.1) is 0 Å². The van der Waals surface area contributed by atoms with Gasteiger partial charge in [0, 0.05) is 19.8 Å².